The molecule has 0 heterocycles. The van der Waals surface area contributed by atoms with Gasteiger partial charge >= 0.3 is 0 Å². The maximum Gasteiger partial charge on any atom is 0.158 e. The number of hydrogen-bond donors (Lipinski definition) is 1. The van der Waals surface area contributed by atoms with Gasteiger partial charge < -0.3 is 5.11 Å². The summed E-state index contributed by atoms with van der Waals surface area (Å²) in [6.07, 6.45) is 6.72. The van der Waals surface area contributed by atoms with Gasteiger partial charge in [-0.3, -0.25) is 9.59 Å². The molecule has 0 aromatic carbocycles. The molecule has 0 radical (unpaired) electrons. The molecule has 3 heteroatoms. The van der Waals surface area contributed by atoms with E-state index in [2.05, 4.69) is 6.92 Å². The summed E-state index contributed by atoms with van der Waals surface area (Å²) in [4.78, 5) is 24.3. The van der Waals surface area contributed by atoms with Crippen molar-refractivity contribution in [1.82, 2.24) is 0 Å². The minimum absolute atomic E-state index is 0.0817. The number of aliphatic hydroxyl groups is 1. The van der Waals surface area contributed by atoms with Crippen LogP contribution in [0.15, 0.2) is 11.6 Å². The Kier molecular flexibility index (Phi) is 3.17. The van der Waals surface area contributed by atoms with E-state index in [1.165, 1.54) is 5.57 Å². The third kappa shape index (κ3) is 1.84. The number of carbonyl (C=O) groups is 2. The molecule has 1 unspecified atom stereocenters. The molecule has 4 rings (SSSR count). The van der Waals surface area contributed by atoms with Crippen molar-refractivity contribution in [1.29, 1.82) is 0 Å². The average molecular weight is 302 g/mol. The van der Waals surface area contributed by atoms with Crippen molar-refractivity contribution in [3.8, 4) is 0 Å². The molecule has 4 aliphatic rings. The van der Waals surface area contributed by atoms with Crippen LogP contribution in [0.2, 0.25) is 0 Å². The van der Waals surface area contributed by atoms with Crippen molar-refractivity contribution < 1.29 is 14.7 Å². The van der Waals surface area contributed by atoms with Crippen LogP contribution in [0, 0.1) is 35.0 Å². The minimum Gasteiger partial charge on any atom is -0.393 e. The van der Waals surface area contributed by atoms with Crippen LogP contribution in [0.4, 0.5) is 0 Å². The molecule has 3 fully saturated rings. The molecule has 3 nitrogen and oxygen atoms in total. The molecule has 7 atom stereocenters. The van der Waals surface area contributed by atoms with Gasteiger partial charge in [0.1, 0.15) is 5.78 Å². The number of Topliss-reactive ketones (excluding diaryl/α,β-unsaturated/α-hetero) is 1. The van der Waals surface area contributed by atoms with Crippen LogP contribution >= 0.6 is 0 Å². The lowest BCUT2D eigenvalue weighted by Crippen LogP contribution is -2.53. The molecular formula is C19H26O3. The summed E-state index contributed by atoms with van der Waals surface area (Å²) in [5, 5.41) is 10.9. The van der Waals surface area contributed by atoms with Gasteiger partial charge in [0, 0.05) is 17.8 Å². The number of allylic oxidation sites excluding steroid dienone is 1. The number of fused-ring (bicyclic) bond motifs is 5. The molecule has 120 valence electrons. The lowest BCUT2D eigenvalue weighted by atomic mass is 9.51. The summed E-state index contributed by atoms with van der Waals surface area (Å²) in [5.74, 6) is 2.24. The summed E-state index contributed by atoms with van der Waals surface area (Å²) in [5.41, 5.74) is 0.981. The Labute approximate surface area is 132 Å². The third-order valence-corrected chi connectivity index (χ3v) is 7.35. The Morgan fingerprint density at radius 2 is 2.00 bits per heavy atom. The molecule has 0 aromatic rings. The fourth-order valence-electron chi connectivity index (χ4n) is 6.21. The first kappa shape index (κ1) is 14.6. The highest BCUT2D eigenvalue weighted by Gasteiger charge is 2.59. The Morgan fingerprint density at radius 3 is 2.77 bits per heavy atom. The van der Waals surface area contributed by atoms with Gasteiger partial charge in [-0.25, -0.2) is 0 Å². The first-order chi connectivity index (χ1) is 10.4. The molecule has 4 aliphatic carbocycles. The molecule has 0 saturated heterocycles. The van der Waals surface area contributed by atoms with Gasteiger partial charge in [-0.15, -0.1) is 0 Å². The maximum absolute atomic E-state index is 12.4. The fraction of sp³-hybridized carbons (Fsp3) is 0.789. The molecule has 0 spiro atoms. The van der Waals surface area contributed by atoms with Gasteiger partial charge in [0.15, 0.2) is 5.78 Å². The summed E-state index contributed by atoms with van der Waals surface area (Å²) >= 11 is 0. The van der Waals surface area contributed by atoms with Gasteiger partial charge in [-0.1, -0.05) is 19.4 Å². The quantitative estimate of drug-likeness (QED) is 0.748. The zero-order valence-corrected chi connectivity index (χ0v) is 13.5. The third-order valence-electron chi connectivity index (χ3n) is 7.35. The molecule has 1 N–H and O–H groups in total. The average Bonchev–Trinajstić information content (AvgIpc) is 2.75. The first-order valence-corrected chi connectivity index (χ1v) is 8.87. The number of aliphatic hydroxyl groups excluding tert-OH is 1. The van der Waals surface area contributed by atoms with E-state index in [0.29, 0.717) is 36.4 Å². The van der Waals surface area contributed by atoms with Crippen LogP contribution in [-0.4, -0.2) is 22.8 Å². The van der Waals surface area contributed by atoms with Crippen LogP contribution in [0.1, 0.15) is 52.4 Å². The van der Waals surface area contributed by atoms with Gasteiger partial charge in [0.2, 0.25) is 0 Å². The van der Waals surface area contributed by atoms with Crippen molar-refractivity contribution in [3.63, 3.8) is 0 Å². The van der Waals surface area contributed by atoms with Crippen molar-refractivity contribution >= 4 is 11.6 Å². The van der Waals surface area contributed by atoms with Crippen LogP contribution in [-0.2, 0) is 9.59 Å². The van der Waals surface area contributed by atoms with E-state index < -0.39 is 0 Å². The predicted molar refractivity (Wildman–Crippen MR) is 83.0 cm³/mol. The fourth-order valence-corrected chi connectivity index (χ4v) is 6.21. The van der Waals surface area contributed by atoms with E-state index in [0.717, 1.165) is 25.7 Å². The summed E-state index contributed by atoms with van der Waals surface area (Å²) in [6, 6.07) is 0. The van der Waals surface area contributed by atoms with Crippen LogP contribution in [0.5, 0.6) is 0 Å². The summed E-state index contributed by atoms with van der Waals surface area (Å²) < 4.78 is 0. The van der Waals surface area contributed by atoms with E-state index in [9.17, 15) is 14.7 Å². The van der Waals surface area contributed by atoms with E-state index >= 15 is 0 Å². The SMILES string of the molecule is CC1C[C@H]2C(=CC1=O)CC[C@@H]1[C@@H]2[C@H](O)C[C@]2(C)C(=O)CC[C@@H]12. The van der Waals surface area contributed by atoms with E-state index in [-0.39, 0.29) is 29.1 Å². The Bertz CT molecular complexity index is 563. The Balaban J connectivity index is 1.70. The molecular weight excluding hydrogens is 276 g/mol. The molecule has 0 aromatic heterocycles. The van der Waals surface area contributed by atoms with Crippen molar-refractivity contribution in [3.05, 3.63) is 11.6 Å². The minimum atomic E-state index is -0.387. The zero-order chi connectivity index (χ0) is 15.6. The summed E-state index contributed by atoms with van der Waals surface area (Å²) in [7, 11) is 0. The molecule has 0 bridgehead atoms. The normalized spacial score (nSPS) is 51.0. The zero-order valence-electron chi connectivity index (χ0n) is 13.5. The largest absolute Gasteiger partial charge is 0.393 e. The van der Waals surface area contributed by atoms with Gasteiger partial charge in [-0.05, 0) is 61.9 Å². The number of carbonyl (C=O) groups excluding carboxylic acids is 2. The smallest absolute Gasteiger partial charge is 0.158 e. The highest BCUT2D eigenvalue weighted by atomic mass is 16.3. The number of hydrogen-bond acceptors (Lipinski definition) is 3. The monoisotopic (exact) mass is 302 g/mol. The van der Waals surface area contributed by atoms with Gasteiger partial charge in [0.05, 0.1) is 6.10 Å². The van der Waals surface area contributed by atoms with Crippen molar-refractivity contribution in [2.75, 3.05) is 0 Å². The first-order valence-electron chi connectivity index (χ1n) is 8.87. The van der Waals surface area contributed by atoms with Crippen LogP contribution < -0.4 is 0 Å². The lowest BCUT2D eigenvalue weighted by Gasteiger charge is -2.54. The Hall–Kier alpha value is -0.960. The van der Waals surface area contributed by atoms with Crippen LogP contribution in [0.3, 0.4) is 0 Å². The highest BCUT2D eigenvalue weighted by molar-refractivity contribution is 5.93. The van der Waals surface area contributed by atoms with E-state index in [1.54, 1.807) is 0 Å². The van der Waals surface area contributed by atoms with Crippen molar-refractivity contribution in [2.45, 2.75) is 58.5 Å². The maximum atomic E-state index is 12.4. The summed E-state index contributed by atoms with van der Waals surface area (Å²) in [6.45, 7) is 4.10. The van der Waals surface area contributed by atoms with Gasteiger partial charge in [0.25, 0.3) is 0 Å². The standard InChI is InChI=1S/C19H26O3/c1-10-7-13-11(8-15(10)20)3-4-12-14-5-6-17(22)19(14,2)9-16(21)18(12)13/h8,10,12-14,16,18,21H,3-7,9H2,1-2H3/t10?,12-,13-,14-,16+,18-,19-/m0/s1. The lowest BCUT2D eigenvalue weighted by molar-refractivity contribution is -0.140. The molecule has 3 saturated carbocycles. The molecule has 0 aliphatic heterocycles. The Morgan fingerprint density at radius 1 is 1.23 bits per heavy atom. The number of ketones is 2. The predicted octanol–water partition coefficient (Wildman–Crippen LogP) is 2.91. The second-order valence-corrected chi connectivity index (χ2v) is 8.40. The van der Waals surface area contributed by atoms with Gasteiger partial charge in [-0.2, -0.15) is 0 Å². The molecule has 0 amide bonds. The van der Waals surface area contributed by atoms with Crippen molar-refractivity contribution in [2.24, 2.45) is 35.0 Å². The second kappa shape index (κ2) is 4.77. The topological polar surface area (TPSA) is 54.4 Å². The van der Waals surface area contributed by atoms with E-state index in [1.807, 2.05) is 13.0 Å². The second-order valence-electron chi connectivity index (χ2n) is 8.40. The van der Waals surface area contributed by atoms with Crippen LogP contribution in [0.25, 0.3) is 0 Å². The van der Waals surface area contributed by atoms with E-state index in [4.69, 9.17) is 0 Å². The molecule has 22 heavy (non-hydrogen) atoms. The highest BCUT2D eigenvalue weighted by Crippen LogP contribution is 2.60. The number of rotatable bonds is 0.